The zero-order valence-electron chi connectivity index (χ0n) is 12.2. The molecule has 0 bridgehead atoms. The van der Waals surface area contributed by atoms with Crippen LogP contribution in [-0.2, 0) is 16.1 Å². The van der Waals surface area contributed by atoms with Crippen LogP contribution >= 0.6 is 27.3 Å². The van der Waals surface area contributed by atoms with Gasteiger partial charge in [0.25, 0.3) is 0 Å². The predicted molar refractivity (Wildman–Crippen MR) is 86.1 cm³/mol. The molecule has 1 N–H and O–H groups in total. The molecule has 1 heterocycles. The summed E-state index contributed by atoms with van der Waals surface area (Å²) in [6.07, 6.45) is 1.29. The van der Waals surface area contributed by atoms with E-state index < -0.39 is 11.9 Å². The average molecular weight is 374 g/mol. The van der Waals surface area contributed by atoms with Crippen molar-refractivity contribution in [1.29, 1.82) is 0 Å². The first-order valence-electron chi connectivity index (χ1n) is 7.18. The summed E-state index contributed by atoms with van der Waals surface area (Å²) >= 11 is 5.03. The van der Waals surface area contributed by atoms with Crippen LogP contribution < -0.4 is 0 Å². The van der Waals surface area contributed by atoms with Crippen molar-refractivity contribution in [3.8, 4) is 0 Å². The highest BCUT2D eigenvalue weighted by atomic mass is 79.9. The lowest BCUT2D eigenvalue weighted by atomic mass is 9.94. The Balaban J connectivity index is 2.10. The number of aliphatic carboxylic acids is 1. The molecule has 1 saturated carbocycles. The third-order valence-electron chi connectivity index (χ3n) is 4.10. The molecule has 0 radical (unpaired) electrons. The summed E-state index contributed by atoms with van der Waals surface area (Å²) in [6, 6.07) is 3.96. The van der Waals surface area contributed by atoms with Crippen LogP contribution in [0.1, 0.15) is 31.6 Å². The van der Waals surface area contributed by atoms with E-state index in [2.05, 4.69) is 15.9 Å². The van der Waals surface area contributed by atoms with Crippen LogP contribution in [-0.4, -0.2) is 28.4 Å². The molecule has 0 aromatic carbocycles. The number of rotatable bonds is 5. The zero-order chi connectivity index (χ0) is 15.6. The number of carboxylic acid groups (broad SMARTS) is 1. The Hall–Kier alpha value is -0.880. The van der Waals surface area contributed by atoms with Gasteiger partial charge in [-0.2, -0.15) is 0 Å². The molecule has 1 fully saturated rings. The standard InChI is InChI=1S/C15H20BrNO3S/c1-3-17(8-10-4-5-13(16)21-10)14(18)11-6-9(2)7-12(11)15(19)20/h4-5,9,11-12H,3,6-8H2,1-2H3,(H,19,20). The van der Waals surface area contributed by atoms with Crippen molar-refractivity contribution in [2.75, 3.05) is 6.54 Å². The lowest BCUT2D eigenvalue weighted by molar-refractivity contribution is -0.149. The van der Waals surface area contributed by atoms with Crippen LogP contribution in [0.4, 0.5) is 0 Å². The topological polar surface area (TPSA) is 57.6 Å². The van der Waals surface area contributed by atoms with Gasteiger partial charge in [-0.05, 0) is 53.7 Å². The number of carboxylic acids is 1. The van der Waals surface area contributed by atoms with E-state index in [1.807, 2.05) is 26.0 Å². The van der Waals surface area contributed by atoms with E-state index in [-0.39, 0.29) is 11.8 Å². The molecule has 0 spiro atoms. The molecule has 1 aromatic rings. The monoisotopic (exact) mass is 373 g/mol. The summed E-state index contributed by atoms with van der Waals surface area (Å²) in [5.74, 6) is -1.46. The van der Waals surface area contributed by atoms with Gasteiger partial charge in [-0.25, -0.2) is 0 Å². The highest BCUT2D eigenvalue weighted by Crippen LogP contribution is 2.38. The van der Waals surface area contributed by atoms with Crippen LogP contribution in [0, 0.1) is 17.8 Å². The van der Waals surface area contributed by atoms with Gasteiger partial charge in [-0.1, -0.05) is 6.92 Å². The van der Waals surface area contributed by atoms with Crippen LogP contribution in [0.25, 0.3) is 0 Å². The van der Waals surface area contributed by atoms with Gasteiger partial charge in [0.05, 0.1) is 22.2 Å². The van der Waals surface area contributed by atoms with Gasteiger partial charge in [0.1, 0.15) is 0 Å². The van der Waals surface area contributed by atoms with E-state index in [1.54, 1.807) is 16.2 Å². The van der Waals surface area contributed by atoms with Gasteiger partial charge in [-0.15, -0.1) is 11.3 Å². The molecule has 0 saturated heterocycles. The predicted octanol–water partition coefficient (Wildman–Crippen LogP) is 3.61. The molecule has 1 aliphatic carbocycles. The van der Waals surface area contributed by atoms with E-state index in [0.29, 0.717) is 31.8 Å². The van der Waals surface area contributed by atoms with Crippen molar-refractivity contribution in [2.45, 2.75) is 33.2 Å². The minimum absolute atomic E-state index is 0.0150. The number of thiophene rings is 1. The zero-order valence-corrected chi connectivity index (χ0v) is 14.6. The van der Waals surface area contributed by atoms with Gasteiger partial charge < -0.3 is 10.0 Å². The second-order valence-corrected chi connectivity index (χ2v) is 8.23. The van der Waals surface area contributed by atoms with Gasteiger partial charge in [-0.3, -0.25) is 9.59 Å². The molecular weight excluding hydrogens is 354 g/mol. The van der Waals surface area contributed by atoms with Gasteiger partial charge in [0.15, 0.2) is 0 Å². The number of carbonyl (C=O) groups is 2. The van der Waals surface area contributed by atoms with Gasteiger partial charge in [0, 0.05) is 11.4 Å². The Morgan fingerprint density at radius 3 is 2.57 bits per heavy atom. The van der Waals surface area contributed by atoms with E-state index in [1.165, 1.54) is 0 Å². The molecule has 3 atom stereocenters. The third kappa shape index (κ3) is 3.86. The highest BCUT2D eigenvalue weighted by Gasteiger charge is 2.42. The molecular formula is C15H20BrNO3S. The Labute approximate surface area is 137 Å². The maximum atomic E-state index is 12.7. The summed E-state index contributed by atoms with van der Waals surface area (Å²) in [5.41, 5.74) is 0. The van der Waals surface area contributed by atoms with Crippen LogP contribution in [0.5, 0.6) is 0 Å². The fourth-order valence-corrected chi connectivity index (χ4v) is 4.54. The van der Waals surface area contributed by atoms with Gasteiger partial charge >= 0.3 is 5.97 Å². The van der Waals surface area contributed by atoms with Crippen LogP contribution in [0.2, 0.25) is 0 Å². The van der Waals surface area contributed by atoms with E-state index in [0.717, 1.165) is 8.66 Å². The number of amides is 1. The summed E-state index contributed by atoms with van der Waals surface area (Å²) < 4.78 is 1.04. The quantitative estimate of drug-likeness (QED) is 0.857. The Bertz CT molecular complexity index is 531. The smallest absolute Gasteiger partial charge is 0.307 e. The molecule has 1 amide bonds. The normalized spacial score (nSPS) is 25.0. The second kappa shape index (κ2) is 6.92. The molecule has 3 unspecified atom stereocenters. The van der Waals surface area contributed by atoms with Crippen molar-refractivity contribution < 1.29 is 14.7 Å². The number of carbonyl (C=O) groups excluding carboxylic acids is 1. The number of nitrogens with zero attached hydrogens (tertiary/aromatic N) is 1. The maximum absolute atomic E-state index is 12.7. The van der Waals surface area contributed by atoms with Crippen molar-refractivity contribution in [3.63, 3.8) is 0 Å². The van der Waals surface area contributed by atoms with E-state index >= 15 is 0 Å². The van der Waals surface area contributed by atoms with Crippen molar-refractivity contribution >= 4 is 39.1 Å². The van der Waals surface area contributed by atoms with E-state index in [9.17, 15) is 14.7 Å². The van der Waals surface area contributed by atoms with Crippen molar-refractivity contribution in [2.24, 2.45) is 17.8 Å². The van der Waals surface area contributed by atoms with Crippen molar-refractivity contribution in [3.05, 3.63) is 20.8 Å². The molecule has 4 nitrogen and oxygen atoms in total. The first-order valence-corrected chi connectivity index (χ1v) is 8.79. The first-order chi connectivity index (χ1) is 9.92. The van der Waals surface area contributed by atoms with Gasteiger partial charge in [0.2, 0.25) is 5.91 Å². The molecule has 0 aliphatic heterocycles. The lowest BCUT2D eigenvalue weighted by Crippen LogP contribution is -2.38. The number of hydrogen-bond donors (Lipinski definition) is 1. The molecule has 2 rings (SSSR count). The Morgan fingerprint density at radius 1 is 1.38 bits per heavy atom. The molecule has 1 aromatic heterocycles. The summed E-state index contributed by atoms with van der Waals surface area (Å²) in [5, 5.41) is 9.32. The lowest BCUT2D eigenvalue weighted by Gasteiger charge is -2.25. The van der Waals surface area contributed by atoms with Crippen LogP contribution in [0.3, 0.4) is 0 Å². The molecule has 6 heteroatoms. The Morgan fingerprint density at radius 2 is 2.05 bits per heavy atom. The molecule has 1 aliphatic rings. The summed E-state index contributed by atoms with van der Waals surface area (Å²) in [6.45, 7) is 5.12. The van der Waals surface area contributed by atoms with Crippen molar-refractivity contribution in [1.82, 2.24) is 4.90 Å². The first kappa shape index (κ1) is 16.5. The summed E-state index contributed by atoms with van der Waals surface area (Å²) in [7, 11) is 0. The number of halogens is 1. The fraction of sp³-hybridized carbons (Fsp3) is 0.600. The molecule has 116 valence electrons. The van der Waals surface area contributed by atoms with E-state index in [4.69, 9.17) is 0 Å². The molecule has 21 heavy (non-hydrogen) atoms. The third-order valence-corrected chi connectivity index (χ3v) is 5.71. The minimum Gasteiger partial charge on any atom is -0.481 e. The Kier molecular flexibility index (Phi) is 5.43. The van der Waals surface area contributed by atoms with Crippen LogP contribution in [0.15, 0.2) is 15.9 Å². The maximum Gasteiger partial charge on any atom is 0.307 e. The highest BCUT2D eigenvalue weighted by molar-refractivity contribution is 9.11. The summed E-state index contributed by atoms with van der Waals surface area (Å²) in [4.78, 5) is 26.9. The largest absolute Gasteiger partial charge is 0.481 e. The second-order valence-electron chi connectivity index (χ2n) is 5.69. The fourth-order valence-electron chi connectivity index (χ4n) is 3.04. The minimum atomic E-state index is -0.840. The number of hydrogen-bond acceptors (Lipinski definition) is 3. The average Bonchev–Trinajstić information content (AvgIpc) is 3.01. The SMILES string of the molecule is CCN(Cc1ccc(Br)s1)C(=O)C1CC(C)CC1C(=O)O.